The highest BCUT2D eigenvalue weighted by molar-refractivity contribution is 8.23. The molecule has 1 rings (SSSR count). The van der Waals surface area contributed by atoms with E-state index in [9.17, 15) is 0 Å². The third-order valence-electron chi connectivity index (χ3n) is 2.34. The zero-order valence-corrected chi connectivity index (χ0v) is 12.4. The zero-order valence-electron chi connectivity index (χ0n) is 10.0. The standard InChI is InChI=1S/C11H14ClN3S2/c1-7(5-4-6-13)17-11(16)15-9(3)10(12)8(2)14-15/h7H,4-5H2,1-3H3. The Kier molecular flexibility index (Phi) is 5.44. The number of thiocarbonyl (C=S) groups is 1. The zero-order chi connectivity index (χ0) is 13.0. The molecular formula is C11H14ClN3S2. The molecule has 0 amide bonds. The molecule has 3 nitrogen and oxygen atoms in total. The summed E-state index contributed by atoms with van der Waals surface area (Å²) in [5, 5.41) is 13.8. The number of halogens is 1. The Balaban J connectivity index is 2.71. The van der Waals surface area contributed by atoms with Crippen LogP contribution in [-0.4, -0.2) is 19.4 Å². The maximum atomic E-state index is 8.52. The maximum Gasteiger partial charge on any atom is 0.161 e. The van der Waals surface area contributed by atoms with Crippen LogP contribution in [0.3, 0.4) is 0 Å². The number of hydrogen-bond donors (Lipinski definition) is 0. The Morgan fingerprint density at radius 1 is 1.65 bits per heavy atom. The Bertz CT molecular complexity index is 462. The topological polar surface area (TPSA) is 41.6 Å². The van der Waals surface area contributed by atoms with Gasteiger partial charge < -0.3 is 0 Å². The molecule has 0 aliphatic carbocycles. The van der Waals surface area contributed by atoms with Gasteiger partial charge in [0, 0.05) is 11.7 Å². The van der Waals surface area contributed by atoms with E-state index in [1.807, 2.05) is 13.8 Å². The van der Waals surface area contributed by atoms with Gasteiger partial charge in [-0.3, -0.25) is 0 Å². The summed E-state index contributed by atoms with van der Waals surface area (Å²) in [5.74, 6) is 0. The lowest BCUT2D eigenvalue weighted by atomic mass is 10.3. The molecule has 0 N–H and O–H groups in total. The number of aryl methyl sites for hydroxylation is 1. The van der Waals surface area contributed by atoms with Crippen LogP contribution in [-0.2, 0) is 0 Å². The van der Waals surface area contributed by atoms with Gasteiger partial charge in [0.05, 0.1) is 22.5 Å². The second-order valence-corrected chi connectivity index (χ2v) is 6.24. The normalized spacial score (nSPS) is 12.2. The molecule has 1 aromatic rings. The highest BCUT2D eigenvalue weighted by Gasteiger charge is 2.15. The molecule has 92 valence electrons. The summed E-state index contributed by atoms with van der Waals surface area (Å²) in [4.78, 5) is 0. The quantitative estimate of drug-likeness (QED) is 0.795. The van der Waals surface area contributed by atoms with Crippen LogP contribution in [0.25, 0.3) is 0 Å². The van der Waals surface area contributed by atoms with E-state index in [0.717, 1.165) is 17.8 Å². The molecule has 0 saturated heterocycles. The number of nitriles is 1. The van der Waals surface area contributed by atoms with Crippen LogP contribution < -0.4 is 0 Å². The van der Waals surface area contributed by atoms with Crippen molar-refractivity contribution in [2.75, 3.05) is 0 Å². The number of aromatic nitrogens is 2. The van der Waals surface area contributed by atoms with Gasteiger partial charge in [0.25, 0.3) is 0 Å². The molecule has 6 heteroatoms. The molecule has 0 spiro atoms. The summed E-state index contributed by atoms with van der Waals surface area (Å²) in [6.45, 7) is 5.81. The Hall–Kier alpha value is -0.570. The van der Waals surface area contributed by atoms with Crippen molar-refractivity contribution in [2.24, 2.45) is 0 Å². The summed E-state index contributed by atoms with van der Waals surface area (Å²) >= 11 is 12.9. The summed E-state index contributed by atoms with van der Waals surface area (Å²) in [5.41, 5.74) is 1.66. The first-order chi connectivity index (χ1) is 7.97. The number of rotatable bonds is 3. The third kappa shape index (κ3) is 3.70. The minimum absolute atomic E-state index is 0.310. The van der Waals surface area contributed by atoms with Crippen LogP contribution in [0.2, 0.25) is 5.02 Å². The molecule has 17 heavy (non-hydrogen) atoms. The lowest BCUT2D eigenvalue weighted by molar-refractivity contribution is 0.840. The molecule has 0 saturated carbocycles. The third-order valence-corrected chi connectivity index (χ3v) is 4.36. The van der Waals surface area contributed by atoms with E-state index in [-0.39, 0.29) is 0 Å². The summed E-state index contributed by atoms with van der Waals surface area (Å²) < 4.78 is 2.38. The van der Waals surface area contributed by atoms with Crippen LogP contribution in [0.15, 0.2) is 0 Å². The Morgan fingerprint density at radius 2 is 2.29 bits per heavy atom. The van der Waals surface area contributed by atoms with Crippen molar-refractivity contribution >= 4 is 39.9 Å². The first-order valence-electron chi connectivity index (χ1n) is 5.27. The van der Waals surface area contributed by atoms with Crippen LogP contribution in [0.5, 0.6) is 0 Å². The fourth-order valence-electron chi connectivity index (χ4n) is 1.35. The van der Waals surface area contributed by atoms with Gasteiger partial charge in [-0.2, -0.15) is 10.4 Å². The van der Waals surface area contributed by atoms with Gasteiger partial charge in [0.2, 0.25) is 0 Å². The van der Waals surface area contributed by atoms with Crippen molar-refractivity contribution in [1.29, 1.82) is 5.26 Å². The Labute approximate surface area is 116 Å². The molecule has 1 atom stereocenters. The molecule has 0 aliphatic rings. The van der Waals surface area contributed by atoms with E-state index < -0.39 is 0 Å². The molecule has 0 aliphatic heterocycles. The molecule has 1 unspecified atom stereocenters. The average Bonchev–Trinajstić information content (AvgIpc) is 2.54. The van der Waals surface area contributed by atoms with Crippen molar-refractivity contribution < 1.29 is 0 Å². The van der Waals surface area contributed by atoms with Crippen molar-refractivity contribution in [3.05, 3.63) is 16.4 Å². The highest BCUT2D eigenvalue weighted by Crippen LogP contribution is 2.24. The predicted molar refractivity (Wildman–Crippen MR) is 76.6 cm³/mol. The molecule has 0 bridgehead atoms. The van der Waals surface area contributed by atoms with Gasteiger partial charge in [-0.1, -0.05) is 42.5 Å². The number of nitrogens with zero attached hydrogens (tertiary/aromatic N) is 3. The van der Waals surface area contributed by atoms with E-state index in [0.29, 0.717) is 21.0 Å². The molecule has 0 aromatic carbocycles. The van der Waals surface area contributed by atoms with Crippen LogP contribution in [0, 0.1) is 25.2 Å². The summed E-state index contributed by atoms with van der Waals surface area (Å²) in [6, 6.07) is 2.14. The molecule has 0 radical (unpaired) electrons. The fraction of sp³-hybridized carbons (Fsp3) is 0.545. The first-order valence-corrected chi connectivity index (χ1v) is 6.93. The van der Waals surface area contributed by atoms with Crippen LogP contribution >= 0.6 is 35.6 Å². The molecule has 0 fully saturated rings. The van der Waals surface area contributed by atoms with Gasteiger partial charge in [0.1, 0.15) is 0 Å². The SMILES string of the molecule is Cc1nn(C(=S)SC(C)CCC#N)c(C)c1Cl. The van der Waals surface area contributed by atoms with Crippen molar-refractivity contribution in [1.82, 2.24) is 9.78 Å². The summed E-state index contributed by atoms with van der Waals surface area (Å²) in [7, 11) is 0. The monoisotopic (exact) mass is 287 g/mol. The lowest BCUT2D eigenvalue weighted by Gasteiger charge is -2.10. The van der Waals surface area contributed by atoms with Crippen molar-refractivity contribution in [3.8, 4) is 6.07 Å². The first kappa shape index (κ1) is 14.5. The second kappa shape index (κ2) is 6.39. The molecule has 1 aromatic heterocycles. The van der Waals surface area contributed by atoms with Gasteiger partial charge in [-0.15, -0.1) is 0 Å². The number of hydrogen-bond acceptors (Lipinski definition) is 4. The smallest absolute Gasteiger partial charge is 0.161 e. The van der Waals surface area contributed by atoms with E-state index in [1.165, 1.54) is 0 Å². The highest BCUT2D eigenvalue weighted by atomic mass is 35.5. The van der Waals surface area contributed by atoms with E-state index in [2.05, 4.69) is 18.1 Å². The van der Waals surface area contributed by atoms with E-state index in [4.69, 9.17) is 29.1 Å². The van der Waals surface area contributed by atoms with Crippen molar-refractivity contribution in [3.63, 3.8) is 0 Å². The minimum Gasteiger partial charge on any atom is -0.219 e. The predicted octanol–water partition coefficient (Wildman–Crippen LogP) is 3.71. The van der Waals surface area contributed by atoms with E-state index >= 15 is 0 Å². The van der Waals surface area contributed by atoms with Gasteiger partial charge in [-0.25, -0.2) is 4.68 Å². The van der Waals surface area contributed by atoms with Gasteiger partial charge in [0.15, 0.2) is 4.32 Å². The maximum absolute atomic E-state index is 8.52. The number of thioether (sulfide) groups is 1. The second-order valence-electron chi connectivity index (χ2n) is 3.79. The van der Waals surface area contributed by atoms with Gasteiger partial charge in [-0.05, 0) is 20.3 Å². The largest absolute Gasteiger partial charge is 0.219 e. The molecule has 1 heterocycles. The minimum atomic E-state index is 0.310. The summed E-state index contributed by atoms with van der Waals surface area (Å²) in [6.07, 6.45) is 1.38. The van der Waals surface area contributed by atoms with Crippen LogP contribution in [0.1, 0.15) is 31.2 Å². The van der Waals surface area contributed by atoms with Crippen LogP contribution in [0.4, 0.5) is 0 Å². The average molecular weight is 288 g/mol. The molecular weight excluding hydrogens is 274 g/mol. The van der Waals surface area contributed by atoms with Crippen molar-refractivity contribution in [2.45, 2.75) is 38.9 Å². The van der Waals surface area contributed by atoms with E-state index in [1.54, 1.807) is 16.4 Å². The lowest BCUT2D eigenvalue weighted by Crippen LogP contribution is -2.12. The Morgan fingerprint density at radius 3 is 2.76 bits per heavy atom. The fourth-order valence-corrected chi connectivity index (χ4v) is 3.00. The van der Waals surface area contributed by atoms with Gasteiger partial charge >= 0.3 is 0 Å².